The van der Waals surface area contributed by atoms with Crippen molar-refractivity contribution in [3.05, 3.63) is 11.6 Å². The van der Waals surface area contributed by atoms with E-state index in [4.69, 9.17) is 4.74 Å². The lowest BCUT2D eigenvalue weighted by molar-refractivity contribution is -0.213. The van der Waals surface area contributed by atoms with Gasteiger partial charge in [-0.15, -0.1) is 0 Å². The normalized spacial score (nSPS) is 56.4. The van der Waals surface area contributed by atoms with Gasteiger partial charge in [0.2, 0.25) is 0 Å². The Morgan fingerprint density at radius 2 is 1.52 bits per heavy atom. The van der Waals surface area contributed by atoms with Gasteiger partial charge in [-0.1, -0.05) is 47.1 Å². The minimum Gasteiger partial charge on any atom is -0.367 e. The van der Waals surface area contributed by atoms with Crippen LogP contribution in [0.3, 0.4) is 0 Å². The van der Waals surface area contributed by atoms with Gasteiger partial charge in [0.15, 0.2) is 6.29 Å². The number of hydrogen-bond donors (Lipinski definition) is 1. The molecule has 1 N–H and O–H groups in total. The molecule has 4 aliphatic carbocycles. The van der Waals surface area contributed by atoms with Gasteiger partial charge in [0.25, 0.3) is 0 Å². The van der Waals surface area contributed by atoms with E-state index in [0.29, 0.717) is 28.8 Å². The molecule has 1 aliphatic heterocycles. The summed E-state index contributed by atoms with van der Waals surface area (Å²) in [5.74, 6) is 2.66. The zero-order chi connectivity index (χ0) is 19.2. The molecule has 0 amide bonds. The number of aliphatic hydroxyl groups excluding tert-OH is 1. The van der Waals surface area contributed by atoms with Crippen LogP contribution in [0.2, 0.25) is 0 Å². The van der Waals surface area contributed by atoms with Crippen LogP contribution in [0.15, 0.2) is 11.6 Å². The maximum absolute atomic E-state index is 10.7. The van der Waals surface area contributed by atoms with Crippen molar-refractivity contribution in [2.75, 3.05) is 6.61 Å². The van der Waals surface area contributed by atoms with E-state index in [0.717, 1.165) is 11.8 Å². The summed E-state index contributed by atoms with van der Waals surface area (Å²) in [5, 5.41) is 10.7. The number of allylic oxidation sites excluding steroid dienone is 1. The van der Waals surface area contributed by atoms with E-state index >= 15 is 0 Å². The first kappa shape index (κ1) is 18.7. The van der Waals surface area contributed by atoms with E-state index in [9.17, 15) is 5.11 Å². The van der Waals surface area contributed by atoms with Crippen LogP contribution in [0, 0.1) is 45.3 Å². The third-order valence-electron chi connectivity index (χ3n) is 10.8. The van der Waals surface area contributed by atoms with Crippen LogP contribution in [0.25, 0.3) is 0 Å². The lowest BCUT2D eigenvalue weighted by atomic mass is 9.35. The molecule has 0 aromatic heterocycles. The van der Waals surface area contributed by atoms with Crippen molar-refractivity contribution in [3.63, 3.8) is 0 Å². The fourth-order valence-electron chi connectivity index (χ4n) is 9.81. The lowest BCUT2D eigenvalue weighted by Crippen LogP contribution is -2.62. The van der Waals surface area contributed by atoms with Crippen LogP contribution in [-0.4, -0.2) is 18.0 Å². The van der Waals surface area contributed by atoms with E-state index in [1.165, 1.54) is 56.9 Å². The zero-order valence-corrected chi connectivity index (χ0v) is 18.2. The largest absolute Gasteiger partial charge is 0.367 e. The third-order valence-corrected chi connectivity index (χ3v) is 10.8. The summed E-state index contributed by atoms with van der Waals surface area (Å²) in [6, 6.07) is 0. The van der Waals surface area contributed by atoms with Crippen LogP contribution in [-0.2, 0) is 4.74 Å². The topological polar surface area (TPSA) is 29.5 Å². The molecule has 1 saturated heterocycles. The Bertz CT molecular complexity index is 665. The minimum atomic E-state index is -0.579. The highest BCUT2D eigenvalue weighted by atomic mass is 16.6. The van der Waals surface area contributed by atoms with Crippen molar-refractivity contribution >= 4 is 0 Å². The molecule has 4 fully saturated rings. The molecule has 5 aliphatic rings. The third kappa shape index (κ3) is 2.26. The molecule has 3 saturated carbocycles. The first-order chi connectivity index (χ1) is 12.6. The zero-order valence-electron chi connectivity index (χ0n) is 18.2. The molecular formula is C25H40O2. The van der Waals surface area contributed by atoms with Crippen LogP contribution >= 0.6 is 0 Å². The molecule has 1 heterocycles. The Morgan fingerprint density at radius 1 is 0.852 bits per heavy atom. The van der Waals surface area contributed by atoms with Gasteiger partial charge < -0.3 is 9.84 Å². The average Bonchev–Trinajstić information content (AvgIpc) is 2.95. The quantitative estimate of drug-likeness (QED) is 0.533. The second kappa shape index (κ2) is 5.63. The first-order valence-electron chi connectivity index (χ1n) is 11.6. The number of fused-ring (bicyclic) bond motifs is 7. The Hall–Kier alpha value is -0.340. The summed E-state index contributed by atoms with van der Waals surface area (Å²) in [4.78, 5) is 0. The first-order valence-corrected chi connectivity index (χ1v) is 11.6. The minimum absolute atomic E-state index is 0.207. The highest BCUT2D eigenvalue weighted by Crippen LogP contribution is 2.73. The maximum Gasteiger partial charge on any atom is 0.162 e. The van der Waals surface area contributed by atoms with Crippen molar-refractivity contribution in [3.8, 4) is 0 Å². The van der Waals surface area contributed by atoms with E-state index in [1.54, 1.807) is 0 Å². The fourth-order valence-corrected chi connectivity index (χ4v) is 9.81. The van der Waals surface area contributed by atoms with E-state index in [-0.39, 0.29) is 11.3 Å². The molecule has 0 bridgehead atoms. The molecule has 0 unspecified atom stereocenters. The van der Waals surface area contributed by atoms with Gasteiger partial charge in [-0.25, -0.2) is 0 Å². The summed E-state index contributed by atoms with van der Waals surface area (Å²) >= 11 is 0. The molecule has 27 heavy (non-hydrogen) atoms. The van der Waals surface area contributed by atoms with Crippen molar-refractivity contribution < 1.29 is 9.84 Å². The summed E-state index contributed by atoms with van der Waals surface area (Å²) in [6.45, 7) is 13.6. The second-order valence-electron chi connectivity index (χ2n) is 12.3. The highest BCUT2D eigenvalue weighted by Gasteiger charge is 2.66. The summed E-state index contributed by atoms with van der Waals surface area (Å²) < 4.78 is 5.70. The smallest absolute Gasteiger partial charge is 0.162 e. The molecular weight excluding hydrogens is 332 g/mol. The van der Waals surface area contributed by atoms with Crippen molar-refractivity contribution in [2.24, 2.45) is 45.3 Å². The van der Waals surface area contributed by atoms with Crippen LogP contribution in [0.1, 0.15) is 86.0 Å². The van der Waals surface area contributed by atoms with Crippen molar-refractivity contribution in [1.29, 1.82) is 0 Å². The van der Waals surface area contributed by atoms with E-state index in [1.807, 2.05) is 0 Å². The van der Waals surface area contributed by atoms with Crippen molar-refractivity contribution in [2.45, 2.75) is 92.3 Å². The average molecular weight is 373 g/mol. The number of hydrogen-bond acceptors (Lipinski definition) is 2. The molecule has 152 valence electrons. The molecule has 2 heteroatoms. The summed E-state index contributed by atoms with van der Waals surface area (Å²) in [6.07, 6.45) is 12.7. The van der Waals surface area contributed by atoms with Gasteiger partial charge in [0, 0.05) is 5.92 Å². The predicted molar refractivity (Wildman–Crippen MR) is 109 cm³/mol. The Labute approximate surface area is 166 Å². The van der Waals surface area contributed by atoms with Gasteiger partial charge in [-0.2, -0.15) is 0 Å². The van der Waals surface area contributed by atoms with Crippen molar-refractivity contribution in [1.82, 2.24) is 0 Å². The van der Waals surface area contributed by atoms with Crippen LogP contribution < -0.4 is 0 Å². The standard InChI is InChI=1S/C25H40O2/c1-22(2)11-6-12-23(3)17(22)9-13-24(4)18-8-7-16-15-27-21(26)20(16)25(18,5)14-10-19(23)24/h7,17-21,26H,6,8-15H2,1-5H3/t17-,18-,19+,20+,21+,23-,24-,25-/m0/s1. The predicted octanol–water partition coefficient (Wildman–Crippen LogP) is 5.95. The maximum atomic E-state index is 10.7. The number of rotatable bonds is 0. The number of aliphatic hydroxyl groups is 1. The molecule has 5 rings (SSSR count). The number of ether oxygens (including phenoxy) is 1. The lowest BCUT2D eigenvalue weighted by Gasteiger charge is -2.69. The monoisotopic (exact) mass is 372 g/mol. The Balaban J connectivity index is 1.55. The van der Waals surface area contributed by atoms with E-state index < -0.39 is 6.29 Å². The molecule has 0 radical (unpaired) electrons. The molecule has 0 aromatic carbocycles. The van der Waals surface area contributed by atoms with Crippen LogP contribution in [0.4, 0.5) is 0 Å². The second-order valence-corrected chi connectivity index (χ2v) is 12.3. The summed E-state index contributed by atoms with van der Waals surface area (Å²) in [7, 11) is 0. The molecule has 8 atom stereocenters. The van der Waals surface area contributed by atoms with Gasteiger partial charge in [-0.05, 0) is 89.9 Å². The SMILES string of the molecule is CC1(C)CCC[C@]2(C)[C@H]3CC[C@@]4(C)[C@@H](CC=C5CO[C@@H](O)[C@@H]54)[C@]3(C)CC[C@@H]12. The van der Waals surface area contributed by atoms with Gasteiger partial charge >= 0.3 is 0 Å². The van der Waals surface area contributed by atoms with Gasteiger partial charge in [-0.3, -0.25) is 0 Å². The molecule has 0 aromatic rings. The Kier molecular flexibility index (Phi) is 3.89. The van der Waals surface area contributed by atoms with Gasteiger partial charge in [0.05, 0.1) is 6.61 Å². The van der Waals surface area contributed by atoms with Gasteiger partial charge in [0.1, 0.15) is 0 Å². The molecule has 0 spiro atoms. The summed E-state index contributed by atoms with van der Waals surface area (Å²) in [5.41, 5.74) is 3.02. The molecule has 2 nitrogen and oxygen atoms in total. The Morgan fingerprint density at radius 3 is 2.30 bits per heavy atom. The highest BCUT2D eigenvalue weighted by molar-refractivity contribution is 5.25. The van der Waals surface area contributed by atoms with Crippen LogP contribution in [0.5, 0.6) is 0 Å². The van der Waals surface area contributed by atoms with E-state index in [2.05, 4.69) is 40.7 Å². The fraction of sp³-hybridized carbons (Fsp3) is 0.920.